The molecule has 0 radical (unpaired) electrons. The second-order valence-electron chi connectivity index (χ2n) is 12.5. The lowest BCUT2D eigenvalue weighted by Gasteiger charge is -2.44. The molecule has 58 heavy (non-hydrogen) atoms. The number of esters is 4. The summed E-state index contributed by atoms with van der Waals surface area (Å²) in [6.07, 6.45) is -8.90. The standard InChI is InChI=1S/C41H31N3O14/c45-36(30-22-21-29(43(50)51)23-31(30)44(52)53)42-37-35(58-41(49)28-19-11-4-12-20-28)34(57-40(48)27-17-9-3-10-18-27)33(56-39(47)26-15-7-2-8-16-26)32(55-37)24-54-38(46)25-13-5-1-6-14-25/h1-23,32-35,37H,24H2,(H,42,45)/t32-,33-,34+,35-,37+/m1/s1. The molecule has 5 aromatic carbocycles. The Morgan fingerprint density at radius 2 is 0.983 bits per heavy atom. The van der Waals surface area contributed by atoms with E-state index in [1.54, 1.807) is 60.7 Å². The Balaban J connectivity index is 1.45. The SMILES string of the molecule is O=C(OC[C@H]1O[C@H](NC(=O)c2ccc([N+](=O)[O-])cc2[N+](=O)[O-])[C@H](OC(=O)c2ccccc2)[C@@H](OC(=O)c2ccccc2)[C@@H]1OC(=O)c1ccccc1)c1ccccc1. The van der Waals surface area contributed by atoms with Gasteiger partial charge in [-0.05, 0) is 54.6 Å². The van der Waals surface area contributed by atoms with Crippen LogP contribution in [-0.4, -0.2) is 76.9 Å². The van der Waals surface area contributed by atoms with Crippen molar-refractivity contribution < 1.29 is 57.5 Å². The lowest BCUT2D eigenvalue weighted by Crippen LogP contribution is -2.66. The summed E-state index contributed by atoms with van der Waals surface area (Å²) in [5.41, 5.74) is -2.08. The third-order valence-electron chi connectivity index (χ3n) is 8.69. The molecule has 5 atom stereocenters. The van der Waals surface area contributed by atoms with Crippen LogP contribution < -0.4 is 5.32 Å². The quantitative estimate of drug-likeness (QED) is 0.0673. The first-order valence-corrected chi connectivity index (χ1v) is 17.4. The zero-order chi connectivity index (χ0) is 41.2. The smallest absolute Gasteiger partial charge is 0.338 e. The predicted octanol–water partition coefficient (Wildman–Crippen LogP) is 5.49. The van der Waals surface area contributed by atoms with Gasteiger partial charge in [0.25, 0.3) is 17.3 Å². The number of carbonyl (C=O) groups excluding carboxylic acids is 5. The molecule has 17 nitrogen and oxygen atoms in total. The minimum atomic E-state index is -1.88. The molecule has 5 aromatic rings. The number of hydrogen-bond acceptors (Lipinski definition) is 14. The molecular formula is C41H31N3O14. The Hall–Kier alpha value is -7.79. The van der Waals surface area contributed by atoms with Crippen LogP contribution in [0, 0.1) is 20.2 Å². The summed E-state index contributed by atoms with van der Waals surface area (Å²) in [5, 5.41) is 25.8. The van der Waals surface area contributed by atoms with Crippen LogP contribution in [0.15, 0.2) is 140 Å². The maximum absolute atomic E-state index is 13.9. The third kappa shape index (κ3) is 9.53. The molecule has 0 unspecified atom stereocenters. The fraction of sp³-hybridized carbons (Fsp3) is 0.146. The second-order valence-corrected chi connectivity index (χ2v) is 12.5. The van der Waals surface area contributed by atoms with Gasteiger partial charge >= 0.3 is 23.9 Å². The Bertz CT molecular complexity index is 2310. The summed E-state index contributed by atoms with van der Waals surface area (Å²) in [7, 11) is 0. The molecule has 1 amide bonds. The molecule has 0 saturated carbocycles. The van der Waals surface area contributed by atoms with Crippen molar-refractivity contribution >= 4 is 41.2 Å². The van der Waals surface area contributed by atoms with E-state index in [0.29, 0.717) is 6.07 Å². The minimum Gasteiger partial charge on any atom is -0.459 e. The van der Waals surface area contributed by atoms with Crippen LogP contribution in [0.25, 0.3) is 0 Å². The van der Waals surface area contributed by atoms with Crippen molar-refractivity contribution in [1.82, 2.24) is 5.32 Å². The number of rotatable bonds is 13. The van der Waals surface area contributed by atoms with Crippen LogP contribution >= 0.6 is 0 Å². The molecule has 0 bridgehead atoms. The van der Waals surface area contributed by atoms with Crippen LogP contribution in [0.2, 0.25) is 0 Å². The van der Waals surface area contributed by atoms with Crippen molar-refractivity contribution in [2.75, 3.05) is 6.61 Å². The molecule has 1 aliphatic rings. The highest BCUT2D eigenvalue weighted by Gasteiger charge is 2.54. The fourth-order valence-corrected chi connectivity index (χ4v) is 5.87. The lowest BCUT2D eigenvalue weighted by atomic mass is 9.96. The van der Waals surface area contributed by atoms with Crippen LogP contribution in [0.4, 0.5) is 11.4 Å². The number of nitrogens with one attached hydrogen (secondary N) is 1. The number of amides is 1. The molecule has 294 valence electrons. The summed E-state index contributed by atoms with van der Waals surface area (Å²) < 4.78 is 29.6. The van der Waals surface area contributed by atoms with Gasteiger partial charge in [-0.15, -0.1) is 0 Å². The van der Waals surface area contributed by atoms with Crippen LogP contribution in [0.1, 0.15) is 51.8 Å². The van der Waals surface area contributed by atoms with Crippen molar-refractivity contribution in [3.8, 4) is 0 Å². The number of nitro groups is 2. The maximum atomic E-state index is 13.9. The van der Waals surface area contributed by atoms with Gasteiger partial charge in [-0.2, -0.15) is 0 Å². The van der Waals surface area contributed by atoms with Crippen molar-refractivity contribution in [1.29, 1.82) is 0 Å². The predicted molar refractivity (Wildman–Crippen MR) is 200 cm³/mol. The van der Waals surface area contributed by atoms with Crippen LogP contribution in [0.3, 0.4) is 0 Å². The van der Waals surface area contributed by atoms with E-state index in [1.807, 2.05) is 0 Å². The highest BCUT2D eigenvalue weighted by molar-refractivity contribution is 5.99. The molecule has 0 aliphatic carbocycles. The van der Waals surface area contributed by atoms with Crippen molar-refractivity contribution in [2.45, 2.75) is 30.6 Å². The van der Waals surface area contributed by atoms with Gasteiger partial charge in [0.1, 0.15) is 18.3 Å². The van der Waals surface area contributed by atoms with Gasteiger partial charge in [-0.3, -0.25) is 25.0 Å². The average molecular weight is 790 g/mol. The number of benzene rings is 5. The zero-order valence-corrected chi connectivity index (χ0v) is 30.0. The van der Waals surface area contributed by atoms with E-state index < -0.39 is 93.8 Å². The van der Waals surface area contributed by atoms with E-state index in [-0.39, 0.29) is 22.3 Å². The van der Waals surface area contributed by atoms with Gasteiger partial charge < -0.3 is 29.0 Å². The summed E-state index contributed by atoms with van der Waals surface area (Å²) in [4.78, 5) is 89.7. The number of nitrogens with zero attached hydrogens (tertiary/aromatic N) is 2. The molecule has 0 spiro atoms. The Kier molecular flexibility index (Phi) is 12.5. The molecule has 1 aliphatic heterocycles. The first-order valence-electron chi connectivity index (χ1n) is 17.4. The van der Waals surface area contributed by atoms with E-state index in [0.717, 1.165) is 12.1 Å². The molecule has 17 heteroatoms. The molecule has 0 aromatic heterocycles. The van der Waals surface area contributed by atoms with Crippen LogP contribution in [-0.2, 0) is 23.7 Å². The average Bonchev–Trinajstić information content (AvgIpc) is 3.25. The Morgan fingerprint density at radius 1 is 0.552 bits per heavy atom. The molecule has 1 saturated heterocycles. The van der Waals surface area contributed by atoms with E-state index >= 15 is 0 Å². The van der Waals surface area contributed by atoms with Gasteiger partial charge in [-0.1, -0.05) is 72.8 Å². The monoisotopic (exact) mass is 789 g/mol. The number of nitro benzene ring substituents is 2. The van der Waals surface area contributed by atoms with Crippen LogP contribution in [0.5, 0.6) is 0 Å². The normalized spacial score (nSPS) is 18.4. The van der Waals surface area contributed by atoms with E-state index in [4.69, 9.17) is 23.7 Å². The fourth-order valence-electron chi connectivity index (χ4n) is 5.87. The topological polar surface area (TPSA) is 230 Å². The number of non-ortho nitro benzene ring substituents is 1. The Morgan fingerprint density at radius 3 is 1.43 bits per heavy atom. The molecule has 6 rings (SSSR count). The number of ether oxygens (including phenoxy) is 5. The van der Waals surface area contributed by atoms with E-state index in [1.165, 1.54) is 60.7 Å². The van der Waals surface area contributed by atoms with Gasteiger partial charge in [0.15, 0.2) is 24.5 Å². The molecule has 1 N–H and O–H groups in total. The first kappa shape index (κ1) is 39.9. The highest BCUT2D eigenvalue weighted by atomic mass is 16.7. The summed E-state index contributed by atoms with van der Waals surface area (Å²) in [6, 6.07) is 32.8. The van der Waals surface area contributed by atoms with Gasteiger partial charge in [0.2, 0.25) is 0 Å². The van der Waals surface area contributed by atoms with Crippen molar-refractivity contribution in [3.63, 3.8) is 0 Å². The second kappa shape index (κ2) is 18.2. The minimum absolute atomic E-state index is 0.00321. The van der Waals surface area contributed by atoms with Crippen molar-refractivity contribution in [2.24, 2.45) is 0 Å². The first-order chi connectivity index (χ1) is 28.0. The van der Waals surface area contributed by atoms with Gasteiger partial charge in [0, 0.05) is 6.07 Å². The van der Waals surface area contributed by atoms with E-state index in [2.05, 4.69) is 5.32 Å². The summed E-state index contributed by atoms with van der Waals surface area (Å²) in [6.45, 7) is -0.705. The molecular weight excluding hydrogens is 758 g/mol. The summed E-state index contributed by atoms with van der Waals surface area (Å²) in [5.74, 6) is -5.04. The summed E-state index contributed by atoms with van der Waals surface area (Å²) >= 11 is 0. The molecule has 1 fully saturated rings. The lowest BCUT2D eigenvalue weighted by molar-refractivity contribution is -0.394. The maximum Gasteiger partial charge on any atom is 0.338 e. The zero-order valence-electron chi connectivity index (χ0n) is 30.0. The van der Waals surface area contributed by atoms with Gasteiger partial charge in [-0.25, -0.2) is 19.2 Å². The van der Waals surface area contributed by atoms with E-state index in [9.17, 15) is 44.2 Å². The number of hydrogen-bond donors (Lipinski definition) is 1. The molecule has 1 heterocycles. The highest BCUT2D eigenvalue weighted by Crippen LogP contribution is 2.32. The largest absolute Gasteiger partial charge is 0.459 e. The Labute approximate surface area is 328 Å². The van der Waals surface area contributed by atoms with Gasteiger partial charge in [0.05, 0.1) is 38.2 Å². The number of carbonyl (C=O) groups is 5. The van der Waals surface area contributed by atoms with Crippen molar-refractivity contribution in [3.05, 3.63) is 188 Å². The third-order valence-corrected chi connectivity index (χ3v) is 8.69.